The molecule has 2 N–H and O–H groups in total. The maximum atomic E-state index is 6.16. The van der Waals surface area contributed by atoms with Crippen LogP contribution in [0.5, 0.6) is 11.5 Å². The van der Waals surface area contributed by atoms with Crippen molar-refractivity contribution in [3.05, 3.63) is 64.9 Å². The van der Waals surface area contributed by atoms with Crippen molar-refractivity contribution < 1.29 is 9.47 Å². The van der Waals surface area contributed by atoms with Crippen molar-refractivity contribution in [3.8, 4) is 11.5 Å². The smallest absolute Gasteiger partial charge is 0.143 e. The highest BCUT2D eigenvalue weighted by atomic mass is 35.5. The van der Waals surface area contributed by atoms with Gasteiger partial charge in [-0.05, 0) is 24.6 Å². The van der Waals surface area contributed by atoms with Gasteiger partial charge in [-0.25, -0.2) is 9.97 Å². The molecule has 3 rings (SSSR count). The first kappa shape index (κ1) is 18.8. The Morgan fingerprint density at radius 1 is 0.963 bits per heavy atom. The van der Waals surface area contributed by atoms with Crippen molar-refractivity contribution in [1.82, 2.24) is 9.97 Å². The van der Waals surface area contributed by atoms with Crippen LogP contribution >= 0.6 is 11.6 Å². The minimum Gasteiger partial charge on any atom is -0.496 e. The highest BCUT2D eigenvalue weighted by Gasteiger charge is 2.09. The number of hydrogen-bond donors (Lipinski definition) is 2. The fourth-order valence-electron chi connectivity index (χ4n) is 2.62. The molecule has 2 aromatic carbocycles. The zero-order chi connectivity index (χ0) is 19.2. The van der Waals surface area contributed by atoms with Crippen LogP contribution < -0.4 is 20.1 Å². The lowest BCUT2D eigenvalue weighted by molar-refractivity contribution is 0.410. The maximum Gasteiger partial charge on any atom is 0.143 e. The van der Waals surface area contributed by atoms with Gasteiger partial charge in [-0.3, -0.25) is 0 Å². The molecule has 0 atom stereocenters. The highest BCUT2D eigenvalue weighted by Crippen LogP contribution is 2.32. The summed E-state index contributed by atoms with van der Waals surface area (Å²) in [7, 11) is 3.26. The van der Waals surface area contributed by atoms with E-state index < -0.39 is 0 Å². The van der Waals surface area contributed by atoms with Gasteiger partial charge in [0.2, 0.25) is 0 Å². The molecular weight excluding hydrogens is 364 g/mol. The van der Waals surface area contributed by atoms with Gasteiger partial charge in [-0.1, -0.05) is 29.8 Å². The number of hydrogen-bond acceptors (Lipinski definition) is 6. The summed E-state index contributed by atoms with van der Waals surface area (Å²) in [4.78, 5) is 8.55. The van der Waals surface area contributed by atoms with Crippen molar-refractivity contribution in [2.24, 2.45) is 0 Å². The van der Waals surface area contributed by atoms with Gasteiger partial charge in [-0.2, -0.15) is 0 Å². The van der Waals surface area contributed by atoms with Crippen LogP contribution in [0.15, 0.2) is 48.8 Å². The number of ether oxygens (including phenoxy) is 2. The minimum absolute atomic E-state index is 0.587. The number of nitrogens with one attached hydrogen (secondary N) is 2. The van der Waals surface area contributed by atoms with Crippen LogP contribution in [0.3, 0.4) is 0 Å². The lowest BCUT2D eigenvalue weighted by Gasteiger charge is -2.14. The average molecular weight is 385 g/mol. The first-order valence-electron chi connectivity index (χ1n) is 8.39. The summed E-state index contributed by atoms with van der Waals surface area (Å²) in [6, 6.07) is 13.4. The Bertz CT molecular complexity index is 934. The molecule has 1 heterocycles. The Kier molecular flexibility index (Phi) is 5.98. The molecule has 6 nitrogen and oxygen atoms in total. The van der Waals surface area contributed by atoms with Gasteiger partial charge in [-0.15, -0.1) is 0 Å². The topological polar surface area (TPSA) is 68.3 Å². The van der Waals surface area contributed by atoms with E-state index in [9.17, 15) is 0 Å². The van der Waals surface area contributed by atoms with Gasteiger partial charge in [0.25, 0.3) is 0 Å². The third-order valence-electron chi connectivity index (χ3n) is 4.06. The van der Waals surface area contributed by atoms with Crippen LogP contribution in [0.25, 0.3) is 0 Å². The molecule has 0 amide bonds. The van der Waals surface area contributed by atoms with Gasteiger partial charge >= 0.3 is 0 Å². The molecule has 3 aromatic rings. The predicted molar refractivity (Wildman–Crippen MR) is 108 cm³/mol. The molecule has 0 aliphatic rings. The van der Waals surface area contributed by atoms with Crippen LogP contribution in [0.4, 0.5) is 17.3 Å². The fourth-order valence-corrected chi connectivity index (χ4v) is 2.78. The van der Waals surface area contributed by atoms with Crippen LogP contribution in [0.1, 0.15) is 11.1 Å². The molecule has 0 aliphatic heterocycles. The number of para-hydroxylation sites is 1. The van der Waals surface area contributed by atoms with Gasteiger partial charge < -0.3 is 20.1 Å². The molecule has 0 unspecified atom stereocenters. The van der Waals surface area contributed by atoms with Crippen molar-refractivity contribution in [2.75, 3.05) is 24.9 Å². The van der Waals surface area contributed by atoms with Gasteiger partial charge in [0, 0.05) is 29.3 Å². The van der Waals surface area contributed by atoms with E-state index in [-0.39, 0.29) is 0 Å². The number of aromatic nitrogens is 2. The molecule has 7 heteroatoms. The third-order valence-corrected chi connectivity index (χ3v) is 4.47. The summed E-state index contributed by atoms with van der Waals surface area (Å²) < 4.78 is 10.8. The lowest BCUT2D eigenvalue weighted by Crippen LogP contribution is -2.04. The zero-order valence-corrected chi connectivity index (χ0v) is 16.2. The third kappa shape index (κ3) is 4.60. The second-order valence-corrected chi connectivity index (χ2v) is 6.29. The van der Waals surface area contributed by atoms with E-state index in [4.69, 9.17) is 21.1 Å². The first-order valence-corrected chi connectivity index (χ1v) is 8.77. The molecular formula is C20H21ClN4O2. The van der Waals surface area contributed by atoms with Gasteiger partial charge in [0.15, 0.2) is 0 Å². The number of methoxy groups -OCH3 is 2. The summed E-state index contributed by atoms with van der Waals surface area (Å²) >= 11 is 6.16. The fraction of sp³-hybridized carbons (Fsp3) is 0.200. The monoisotopic (exact) mass is 384 g/mol. The lowest BCUT2D eigenvalue weighted by atomic mass is 10.2. The van der Waals surface area contributed by atoms with Crippen LogP contribution in [0.2, 0.25) is 5.02 Å². The molecule has 0 spiro atoms. The molecule has 0 saturated heterocycles. The number of anilines is 3. The average Bonchev–Trinajstić information content (AvgIpc) is 2.69. The van der Waals surface area contributed by atoms with Crippen molar-refractivity contribution in [3.63, 3.8) is 0 Å². The Hall–Kier alpha value is -2.99. The van der Waals surface area contributed by atoms with Crippen molar-refractivity contribution >= 4 is 28.9 Å². The van der Waals surface area contributed by atoms with E-state index in [0.717, 1.165) is 22.6 Å². The molecule has 140 valence electrons. The highest BCUT2D eigenvalue weighted by molar-refractivity contribution is 6.31. The normalized spacial score (nSPS) is 10.4. The summed E-state index contributed by atoms with van der Waals surface area (Å²) in [5, 5.41) is 7.19. The Morgan fingerprint density at radius 3 is 2.48 bits per heavy atom. The van der Waals surface area contributed by atoms with E-state index in [1.54, 1.807) is 20.3 Å². The SMILES string of the molecule is COc1ccccc1CNc1cc(Nc2cc(C)c(Cl)cc2OC)ncn1. The zero-order valence-electron chi connectivity index (χ0n) is 15.4. The number of benzene rings is 2. The molecule has 0 fully saturated rings. The Labute approximate surface area is 163 Å². The van der Waals surface area contributed by atoms with Crippen molar-refractivity contribution in [2.45, 2.75) is 13.5 Å². The summed E-state index contributed by atoms with van der Waals surface area (Å²) in [6.45, 7) is 2.52. The number of aryl methyl sites for hydroxylation is 1. The van der Waals surface area contributed by atoms with E-state index in [1.165, 1.54) is 6.33 Å². The summed E-state index contributed by atoms with van der Waals surface area (Å²) in [6.07, 6.45) is 1.50. The molecule has 0 bridgehead atoms. The molecule has 0 radical (unpaired) electrons. The second-order valence-electron chi connectivity index (χ2n) is 5.88. The van der Waals surface area contributed by atoms with Gasteiger partial charge in [0.05, 0.1) is 19.9 Å². The summed E-state index contributed by atoms with van der Waals surface area (Å²) in [5.41, 5.74) is 2.78. The largest absolute Gasteiger partial charge is 0.496 e. The van der Waals surface area contributed by atoms with Crippen LogP contribution in [0, 0.1) is 6.92 Å². The number of rotatable bonds is 7. The van der Waals surface area contributed by atoms with Gasteiger partial charge in [0.1, 0.15) is 29.5 Å². The number of halogens is 1. The molecule has 1 aromatic heterocycles. The quantitative estimate of drug-likeness (QED) is 0.609. The Balaban J connectivity index is 1.75. The second kappa shape index (κ2) is 8.60. The van der Waals surface area contributed by atoms with Crippen LogP contribution in [-0.4, -0.2) is 24.2 Å². The first-order chi connectivity index (χ1) is 13.1. The summed E-state index contributed by atoms with van der Waals surface area (Å²) in [5.74, 6) is 2.82. The van der Waals surface area contributed by atoms with E-state index in [0.29, 0.717) is 29.0 Å². The van der Waals surface area contributed by atoms with Crippen molar-refractivity contribution in [1.29, 1.82) is 0 Å². The van der Waals surface area contributed by atoms with Crippen LogP contribution in [-0.2, 0) is 6.54 Å². The molecule has 27 heavy (non-hydrogen) atoms. The predicted octanol–water partition coefficient (Wildman–Crippen LogP) is 4.81. The maximum absolute atomic E-state index is 6.16. The minimum atomic E-state index is 0.587. The van der Waals surface area contributed by atoms with E-state index in [1.807, 2.05) is 43.3 Å². The van der Waals surface area contributed by atoms with E-state index in [2.05, 4.69) is 20.6 Å². The standard InChI is InChI=1S/C20H21ClN4O2/c1-13-8-16(18(27-3)9-15(13)21)25-20-10-19(23-12-24-20)22-11-14-6-4-5-7-17(14)26-2/h4-10,12H,11H2,1-3H3,(H2,22,23,24,25). The number of nitrogens with zero attached hydrogens (tertiary/aromatic N) is 2. The molecule has 0 aliphatic carbocycles. The van der Waals surface area contributed by atoms with E-state index >= 15 is 0 Å². The molecule has 0 saturated carbocycles. The Morgan fingerprint density at radius 2 is 1.70 bits per heavy atom.